The summed E-state index contributed by atoms with van der Waals surface area (Å²) >= 11 is 0. The lowest BCUT2D eigenvalue weighted by Gasteiger charge is -2.12. The van der Waals surface area contributed by atoms with Crippen molar-refractivity contribution in [1.82, 2.24) is 20.1 Å². The quantitative estimate of drug-likeness (QED) is 0.430. The Bertz CT molecular complexity index is 1400. The van der Waals surface area contributed by atoms with Crippen molar-refractivity contribution in [3.05, 3.63) is 106 Å². The number of carbonyl (C=O) groups excluding carboxylic acids is 2. The van der Waals surface area contributed by atoms with Crippen LogP contribution in [-0.4, -0.2) is 40.7 Å². The van der Waals surface area contributed by atoms with E-state index in [9.17, 15) is 14.4 Å². The van der Waals surface area contributed by atoms with E-state index in [1.165, 1.54) is 24.0 Å². The summed E-state index contributed by atoms with van der Waals surface area (Å²) < 4.78 is 6.45. The summed E-state index contributed by atoms with van der Waals surface area (Å²) in [6, 6.07) is 19.1. The van der Waals surface area contributed by atoms with Gasteiger partial charge in [0, 0.05) is 30.7 Å². The van der Waals surface area contributed by atoms with Gasteiger partial charge in [-0.15, -0.1) is 0 Å². The summed E-state index contributed by atoms with van der Waals surface area (Å²) in [5.74, 6) is -0.0789. The number of pyridine rings is 1. The summed E-state index contributed by atoms with van der Waals surface area (Å²) in [4.78, 5) is 41.6. The Hall–Kier alpha value is -4.79. The van der Waals surface area contributed by atoms with Crippen LogP contribution in [0, 0.1) is 0 Å². The van der Waals surface area contributed by atoms with Gasteiger partial charge in [0.05, 0.1) is 24.9 Å². The number of rotatable bonds is 7. The minimum Gasteiger partial charge on any atom is -0.497 e. The summed E-state index contributed by atoms with van der Waals surface area (Å²) in [5, 5.41) is 9.80. The molecule has 2 N–H and O–H groups in total. The van der Waals surface area contributed by atoms with Crippen molar-refractivity contribution >= 4 is 17.5 Å². The molecule has 4 rings (SSSR count). The van der Waals surface area contributed by atoms with Crippen molar-refractivity contribution in [2.75, 3.05) is 19.5 Å². The van der Waals surface area contributed by atoms with Crippen LogP contribution in [0.25, 0.3) is 11.3 Å². The molecule has 0 aliphatic carbocycles. The predicted octanol–water partition coefficient (Wildman–Crippen LogP) is 2.97. The number of anilines is 1. The standard InChI is InChI=1S/C26H23N5O4/c1-27-25(33)22-14-23(18-7-11-21(35-2)12-8-18)30-31(26(22)34)16-17-5-9-20(10-6-17)29-24(32)19-4-3-13-28-15-19/h3-15H,16H2,1-2H3,(H,27,33)(H,29,32). The Kier molecular flexibility index (Phi) is 6.96. The Balaban J connectivity index is 1.60. The Morgan fingerprint density at radius 3 is 2.37 bits per heavy atom. The van der Waals surface area contributed by atoms with Crippen LogP contribution in [0.1, 0.15) is 26.3 Å². The van der Waals surface area contributed by atoms with E-state index in [1.807, 2.05) is 12.1 Å². The summed E-state index contributed by atoms with van der Waals surface area (Å²) in [6.45, 7) is 0.143. The van der Waals surface area contributed by atoms with Gasteiger partial charge in [-0.05, 0) is 60.2 Å². The highest BCUT2D eigenvalue weighted by atomic mass is 16.5. The zero-order valence-electron chi connectivity index (χ0n) is 19.2. The van der Waals surface area contributed by atoms with Gasteiger partial charge in [0.1, 0.15) is 11.3 Å². The average Bonchev–Trinajstić information content (AvgIpc) is 2.91. The van der Waals surface area contributed by atoms with E-state index in [2.05, 4.69) is 20.7 Å². The highest BCUT2D eigenvalue weighted by molar-refractivity contribution is 6.04. The second-order valence-electron chi connectivity index (χ2n) is 7.61. The molecule has 2 aromatic carbocycles. The van der Waals surface area contributed by atoms with Gasteiger partial charge in [-0.3, -0.25) is 19.4 Å². The van der Waals surface area contributed by atoms with Crippen LogP contribution >= 0.6 is 0 Å². The van der Waals surface area contributed by atoms with Gasteiger partial charge >= 0.3 is 0 Å². The van der Waals surface area contributed by atoms with Crippen LogP contribution in [0.2, 0.25) is 0 Å². The fourth-order valence-electron chi connectivity index (χ4n) is 3.42. The minimum absolute atomic E-state index is 0.00586. The van der Waals surface area contributed by atoms with Crippen LogP contribution in [0.15, 0.2) is 83.9 Å². The molecule has 0 radical (unpaired) electrons. The molecular formula is C26H23N5O4. The predicted molar refractivity (Wildman–Crippen MR) is 132 cm³/mol. The molecule has 9 nitrogen and oxygen atoms in total. The molecule has 2 heterocycles. The molecule has 9 heteroatoms. The molecule has 0 aliphatic rings. The Morgan fingerprint density at radius 1 is 1.00 bits per heavy atom. The number of hydrogen-bond donors (Lipinski definition) is 2. The summed E-state index contributed by atoms with van der Waals surface area (Å²) in [6.07, 6.45) is 3.09. The molecule has 0 unspecified atom stereocenters. The highest BCUT2D eigenvalue weighted by Gasteiger charge is 2.16. The normalized spacial score (nSPS) is 10.5. The van der Waals surface area contributed by atoms with E-state index in [-0.39, 0.29) is 18.0 Å². The summed E-state index contributed by atoms with van der Waals surface area (Å²) in [5.41, 5.74) is 2.52. The maximum atomic E-state index is 13.0. The number of nitrogens with one attached hydrogen (secondary N) is 2. The lowest BCUT2D eigenvalue weighted by Crippen LogP contribution is -2.33. The van der Waals surface area contributed by atoms with Crippen LogP contribution in [-0.2, 0) is 6.54 Å². The van der Waals surface area contributed by atoms with Crippen LogP contribution in [0.4, 0.5) is 5.69 Å². The Morgan fingerprint density at radius 2 is 1.74 bits per heavy atom. The Labute approximate surface area is 201 Å². The fourth-order valence-corrected chi connectivity index (χ4v) is 3.42. The van der Waals surface area contributed by atoms with Gasteiger partial charge in [-0.1, -0.05) is 12.1 Å². The fraction of sp³-hybridized carbons (Fsp3) is 0.115. The molecule has 0 spiro atoms. The number of methoxy groups -OCH3 is 1. The van der Waals surface area contributed by atoms with Gasteiger partial charge < -0.3 is 15.4 Å². The number of ether oxygens (including phenoxy) is 1. The van der Waals surface area contributed by atoms with Gasteiger partial charge in [0.2, 0.25) is 0 Å². The second-order valence-corrected chi connectivity index (χ2v) is 7.61. The van der Waals surface area contributed by atoms with Gasteiger partial charge in [0.25, 0.3) is 17.4 Å². The van der Waals surface area contributed by atoms with E-state index in [0.29, 0.717) is 22.7 Å². The third-order valence-corrected chi connectivity index (χ3v) is 5.30. The van der Waals surface area contributed by atoms with Crippen molar-refractivity contribution in [2.45, 2.75) is 6.54 Å². The number of nitrogens with zero attached hydrogens (tertiary/aromatic N) is 3. The first kappa shape index (κ1) is 23.4. The molecule has 4 aromatic rings. The van der Waals surface area contributed by atoms with E-state index in [4.69, 9.17) is 4.74 Å². The average molecular weight is 470 g/mol. The monoisotopic (exact) mass is 469 g/mol. The van der Waals surface area contributed by atoms with Gasteiger partial charge in [-0.25, -0.2) is 4.68 Å². The smallest absolute Gasteiger partial charge is 0.279 e. The molecule has 0 bridgehead atoms. The first-order chi connectivity index (χ1) is 17.0. The number of aromatic nitrogens is 3. The molecule has 0 saturated heterocycles. The molecule has 0 aliphatic heterocycles. The van der Waals surface area contributed by atoms with Gasteiger partial charge in [0.15, 0.2) is 0 Å². The highest BCUT2D eigenvalue weighted by Crippen LogP contribution is 2.21. The topological polar surface area (TPSA) is 115 Å². The SMILES string of the molecule is CNC(=O)c1cc(-c2ccc(OC)cc2)nn(Cc2ccc(NC(=O)c3cccnc3)cc2)c1=O. The lowest BCUT2D eigenvalue weighted by molar-refractivity contribution is 0.0959. The van der Waals surface area contributed by atoms with Crippen LogP contribution in [0.3, 0.4) is 0 Å². The van der Waals surface area contributed by atoms with E-state index < -0.39 is 11.5 Å². The summed E-state index contributed by atoms with van der Waals surface area (Å²) in [7, 11) is 3.05. The maximum absolute atomic E-state index is 13.0. The molecule has 176 valence electrons. The zero-order valence-corrected chi connectivity index (χ0v) is 19.2. The van der Waals surface area contributed by atoms with E-state index in [0.717, 1.165) is 11.1 Å². The van der Waals surface area contributed by atoms with Crippen LogP contribution < -0.4 is 20.9 Å². The van der Waals surface area contributed by atoms with Crippen molar-refractivity contribution in [2.24, 2.45) is 0 Å². The van der Waals surface area contributed by atoms with Crippen LogP contribution in [0.5, 0.6) is 5.75 Å². The van der Waals surface area contributed by atoms with Gasteiger partial charge in [-0.2, -0.15) is 5.10 Å². The molecule has 0 atom stereocenters. The van der Waals surface area contributed by atoms with Crippen molar-refractivity contribution in [1.29, 1.82) is 0 Å². The molecule has 0 saturated carbocycles. The maximum Gasteiger partial charge on any atom is 0.279 e. The lowest BCUT2D eigenvalue weighted by atomic mass is 10.1. The number of carbonyl (C=O) groups is 2. The largest absolute Gasteiger partial charge is 0.497 e. The zero-order chi connectivity index (χ0) is 24.8. The first-order valence-electron chi connectivity index (χ1n) is 10.8. The first-order valence-corrected chi connectivity index (χ1v) is 10.8. The molecule has 0 fully saturated rings. The number of benzene rings is 2. The third kappa shape index (κ3) is 5.41. The molecule has 2 amide bonds. The molecule has 2 aromatic heterocycles. The van der Waals surface area contributed by atoms with E-state index in [1.54, 1.807) is 61.8 Å². The van der Waals surface area contributed by atoms with E-state index >= 15 is 0 Å². The number of amides is 2. The van der Waals surface area contributed by atoms with Crippen molar-refractivity contribution < 1.29 is 14.3 Å². The number of hydrogen-bond acceptors (Lipinski definition) is 6. The molecule has 35 heavy (non-hydrogen) atoms. The van der Waals surface area contributed by atoms with Crippen molar-refractivity contribution in [3.63, 3.8) is 0 Å². The molecular weight excluding hydrogens is 446 g/mol. The second kappa shape index (κ2) is 10.4. The minimum atomic E-state index is -0.504. The third-order valence-electron chi connectivity index (χ3n) is 5.30. The van der Waals surface area contributed by atoms with Crippen molar-refractivity contribution in [3.8, 4) is 17.0 Å².